The number of hydrogen-bond donors (Lipinski definition) is 1. The van der Waals surface area contributed by atoms with E-state index in [0.717, 1.165) is 57.2 Å². The number of carbonyl (C=O) groups excluding carboxylic acids is 1. The summed E-state index contributed by atoms with van der Waals surface area (Å²) in [6, 6.07) is 3.62. The van der Waals surface area contributed by atoms with E-state index in [4.69, 9.17) is 4.74 Å². The molecule has 1 N–H and O–H groups in total. The number of amides is 1. The Balaban J connectivity index is 1.51. The van der Waals surface area contributed by atoms with Crippen LogP contribution in [0, 0.1) is 0 Å². The van der Waals surface area contributed by atoms with Crippen molar-refractivity contribution in [2.75, 3.05) is 39.4 Å². The van der Waals surface area contributed by atoms with Gasteiger partial charge in [-0.25, -0.2) is 0 Å². The van der Waals surface area contributed by atoms with Crippen molar-refractivity contribution in [3.8, 4) is 0 Å². The van der Waals surface area contributed by atoms with Crippen molar-refractivity contribution >= 4 is 11.6 Å². The first-order valence-corrected chi connectivity index (χ1v) is 8.20. The second-order valence-electron chi connectivity index (χ2n) is 5.68. The smallest absolute Gasteiger partial charge is 0.252 e. The fourth-order valence-corrected chi connectivity index (χ4v) is 2.75. The van der Waals surface area contributed by atoms with Gasteiger partial charge < -0.3 is 10.1 Å². The molecule has 0 radical (unpaired) electrons. The molecule has 2 aromatic rings. The second kappa shape index (κ2) is 7.52. The van der Waals surface area contributed by atoms with E-state index in [9.17, 15) is 4.79 Å². The molecule has 3 rings (SSSR count). The lowest BCUT2D eigenvalue weighted by molar-refractivity contribution is 0.0374. The van der Waals surface area contributed by atoms with Gasteiger partial charge in [-0.3, -0.25) is 14.1 Å². The van der Waals surface area contributed by atoms with Gasteiger partial charge in [0.25, 0.3) is 5.91 Å². The van der Waals surface area contributed by atoms with Gasteiger partial charge in [0.05, 0.1) is 18.8 Å². The van der Waals surface area contributed by atoms with Crippen LogP contribution in [0.5, 0.6) is 0 Å². The monoisotopic (exact) mass is 317 g/mol. The third-order valence-corrected chi connectivity index (χ3v) is 4.09. The predicted molar refractivity (Wildman–Crippen MR) is 86.6 cm³/mol. The molecule has 0 aromatic carbocycles. The van der Waals surface area contributed by atoms with Gasteiger partial charge in [0, 0.05) is 32.3 Å². The largest absolute Gasteiger partial charge is 0.379 e. The van der Waals surface area contributed by atoms with E-state index < -0.39 is 0 Å². The van der Waals surface area contributed by atoms with Crippen LogP contribution in [-0.2, 0) is 11.2 Å². The molecule has 1 aliphatic heterocycles. The highest BCUT2D eigenvalue weighted by atomic mass is 16.5. The SMILES string of the molecule is CCc1nnc2ccc(C(=O)NCCCN3CCOCC3)cn12. The lowest BCUT2D eigenvalue weighted by Crippen LogP contribution is -2.38. The molecule has 7 nitrogen and oxygen atoms in total. The highest BCUT2D eigenvalue weighted by molar-refractivity contribution is 5.94. The van der Waals surface area contributed by atoms with Crippen molar-refractivity contribution in [2.45, 2.75) is 19.8 Å². The van der Waals surface area contributed by atoms with Gasteiger partial charge in [0.2, 0.25) is 0 Å². The van der Waals surface area contributed by atoms with E-state index in [-0.39, 0.29) is 5.91 Å². The zero-order chi connectivity index (χ0) is 16.1. The first kappa shape index (κ1) is 15.9. The average molecular weight is 317 g/mol. The van der Waals surface area contributed by atoms with Crippen LogP contribution in [0.3, 0.4) is 0 Å². The van der Waals surface area contributed by atoms with Crippen LogP contribution in [0.2, 0.25) is 0 Å². The summed E-state index contributed by atoms with van der Waals surface area (Å²) in [6.07, 6.45) is 3.54. The third kappa shape index (κ3) is 3.86. The Bertz CT molecular complexity index is 664. The van der Waals surface area contributed by atoms with E-state index in [2.05, 4.69) is 20.4 Å². The molecule has 3 heterocycles. The van der Waals surface area contributed by atoms with Crippen LogP contribution in [0.1, 0.15) is 29.5 Å². The van der Waals surface area contributed by atoms with E-state index in [1.807, 2.05) is 23.6 Å². The van der Waals surface area contributed by atoms with E-state index in [0.29, 0.717) is 12.1 Å². The Hall–Kier alpha value is -1.99. The van der Waals surface area contributed by atoms with Gasteiger partial charge in [-0.1, -0.05) is 6.92 Å². The van der Waals surface area contributed by atoms with Gasteiger partial charge in [0.1, 0.15) is 5.82 Å². The molecule has 0 spiro atoms. The van der Waals surface area contributed by atoms with Gasteiger partial charge in [0.15, 0.2) is 5.65 Å². The van der Waals surface area contributed by atoms with Gasteiger partial charge in [-0.05, 0) is 25.1 Å². The van der Waals surface area contributed by atoms with Crippen molar-refractivity contribution in [1.29, 1.82) is 0 Å². The van der Waals surface area contributed by atoms with Crippen molar-refractivity contribution in [3.05, 3.63) is 29.7 Å². The van der Waals surface area contributed by atoms with Crippen molar-refractivity contribution in [2.24, 2.45) is 0 Å². The van der Waals surface area contributed by atoms with Crippen molar-refractivity contribution in [3.63, 3.8) is 0 Å². The Labute approximate surface area is 135 Å². The molecule has 1 amide bonds. The van der Waals surface area contributed by atoms with Crippen molar-refractivity contribution in [1.82, 2.24) is 24.8 Å². The lowest BCUT2D eigenvalue weighted by atomic mass is 10.2. The number of nitrogens with one attached hydrogen (secondary N) is 1. The van der Waals surface area contributed by atoms with Crippen LogP contribution in [0.4, 0.5) is 0 Å². The maximum absolute atomic E-state index is 12.3. The first-order valence-electron chi connectivity index (χ1n) is 8.20. The number of morpholine rings is 1. The number of fused-ring (bicyclic) bond motifs is 1. The topological polar surface area (TPSA) is 71.8 Å². The van der Waals surface area contributed by atoms with Gasteiger partial charge >= 0.3 is 0 Å². The number of aryl methyl sites for hydroxylation is 1. The standard InChI is InChI=1S/C16H23N5O2/c1-2-14-18-19-15-5-4-13(12-21(14)15)16(22)17-6-3-7-20-8-10-23-11-9-20/h4-5,12H,2-3,6-11H2,1H3,(H,17,22). The van der Waals surface area contributed by atoms with Crippen LogP contribution >= 0.6 is 0 Å². The summed E-state index contributed by atoms with van der Waals surface area (Å²) in [7, 11) is 0. The molecular weight excluding hydrogens is 294 g/mol. The maximum atomic E-state index is 12.3. The van der Waals surface area contributed by atoms with E-state index in [1.54, 1.807) is 6.07 Å². The summed E-state index contributed by atoms with van der Waals surface area (Å²) in [4.78, 5) is 14.6. The Morgan fingerprint density at radius 3 is 2.91 bits per heavy atom. The molecule has 124 valence electrons. The number of pyridine rings is 1. The van der Waals surface area contributed by atoms with Crippen LogP contribution in [-0.4, -0.2) is 64.8 Å². The molecule has 1 aliphatic rings. The van der Waals surface area contributed by atoms with Crippen molar-refractivity contribution < 1.29 is 9.53 Å². The second-order valence-corrected chi connectivity index (χ2v) is 5.68. The Kier molecular flexibility index (Phi) is 5.19. The Morgan fingerprint density at radius 2 is 2.13 bits per heavy atom. The molecule has 23 heavy (non-hydrogen) atoms. The molecule has 0 atom stereocenters. The Morgan fingerprint density at radius 1 is 1.30 bits per heavy atom. The molecule has 7 heteroatoms. The summed E-state index contributed by atoms with van der Waals surface area (Å²) in [5.41, 5.74) is 1.41. The summed E-state index contributed by atoms with van der Waals surface area (Å²) >= 11 is 0. The number of hydrogen-bond acceptors (Lipinski definition) is 5. The highest BCUT2D eigenvalue weighted by Gasteiger charge is 2.11. The van der Waals surface area contributed by atoms with Gasteiger partial charge in [-0.2, -0.15) is 0 Å². The third-order valence-electron chi connectivity index (χ3n) is 4.09. The summed E-state index contributed by atoms with van der Waals surface area (Å²) in [6.45, 7) is 7.28. The summed E-state index contributed by atoms with van der Waals surface area (Å²) in [5.74, 6) is 0.812. The first-order chi connectivity index (χ1) is 11.3. The molecule has 0 unspecified atom stereocenters. The minimum atomic E-state index is -0.0513. The van der Waals surface area contributed by atoms with E-state index >= 15 is 0 Å². The number of nitrogens with zero attached hydrogens (tertiary/aromatic N) is 4. The maximum Gasteiger partial charge on any atom is 0.252 e. The highest BCUT2D eigenvalue weighted by Crippen LogP contribution is 2.07. The summed E-state index contributed by atoms with van der Waals surface area (Å²) < 4.78 is 7.20. The number of carbonyl (C=O) groups is 1. The zero-order valence-electron chi connectivity index (χ0n) is 13.5. The minimum absolute atomic E-state index is 0.0513. The minimum Gasteiger partial charge on any atom is -0.379 e. The molecular formula is C16H23N5O2. The molecule has 0 aliphatic carbocycles. The predicted octanol–water partition coefficient (Wildman–Crippen LogP) is 0.744. The van der Waals surface area contributed by atoms with Crippen LogP contribution in [0.15, 0.2) is 18.3 Å². The van der Waals surface area contributed by atoms with Gasteiger partial charge in [-0.15, -0.1) is 10.2 Å². The lowest BCUT2D eigenvalue weighted by Gasteiger charge is -2.26. The molecule has 0 bridgehead atoms. The van der Waals surface area contributed by atoms with E-state index in [1.165, 1.54) is 0 Å². The number of rotatable bonds is 6. The number of ether oxygens (including phenoxy) is 1. The molecule has 2 aromatic heterocycles. The molecule has 1 saturated heterocycles. The fraction of sp³-hybridized carbons (Fsp3) is 0.562. The summed E-state index contributed by atoms with van der Waals surface area (Å²) in [5, 5.41) is 11.2. The molecule has 1 fully saturated rings. The zero-order valence-corrected chi connectivity index (χ0v) is 13.5. The normalized spacial score (nSPS) is 15.9. The van der Waals surface area contributed by atoms with Crippen LogP contribution < -0.4 is 5.32 Å². The number of aromatic nitrogens is 3. The molecule has 0 saturated carbocycles. The quantitative estimate of drug-likeness (QED) is 0.796. The average Bonchev–Trinajstić information content (AvgIpc) is 3.01. The fourth-order valence-electron chi connectivity index (χ4n) is 2.75. The van der Waals surface area contributed by atoms with Crippen LogP contribution in [0.25, 0.3) is 5.65 Å².